The molecule has 5 rings (SSSR count). The van der Waals surface area contributed by atoms with Crippen molar-refractivity contribution in [3.8, 4) is 17.0 Å². The van der Waals surface area contributed by atoms with Crippen molar-refractivity contribution in [3.05, 3.63) is 95.1 Å². The van der Waals surface area contributed by atoms with Crippen LogP contribution in [0.25, 0.3) is 33.1 Å². The van der Waals surface area contributed by atoms with Crippen LogP contribution < -0.4 is 10.1 Å². The number of methoxy groups -OCH3 is 1. The van der Waals surface area contributed by atoms with E-state index in [2.05, 4.69) is 10.3 Å². The molecule has 158 valence electrons. The Morgan fingerprint density at radius 1 is 1.00 bits per heavy atom. The molecule has 5 aromatic rings. The molecule has 2 N–H and O–H groups in total. The summed E-state index contributed by atoms with van der Waals surface area (Å²) in [6.45, 7) is 0.387. The molecular weight excluding hydrogens is 422 g/mol. The van der Waals surface area contributed by atoms with Crippen LogP contribution >= 0.6 is 11.6 Å². The normalized spacial score (nSPS) is 11.1. The maximum atomic E-state index is 13.1. The summed E-state index contributed by atoms with van der Waals surface area (Å²) >= 11 is 6.49. The van der Waals surface area contributed by atoms with Crippen LogP contribution in [0.4, 0.5) is 0 Å². The first kappa shape index (κ1) is 20.1. The molecule has 0 fully saturated rings. The summed E-state index contributed by atoms with van der Waals surface area (Å²) in [6.07, 6.45) is 0. The molecule has 2 heterocycles. The van der Waals surface area contributed by atoms with E-state index in [-0.39, 0.29) is 5.91 Å². The Morgan fingerprint density at radius 2 is 1.75 bits per heavy atom. The zero-order valence-corrected chi connectivity index (χ0v) is 18.1. The first-order valence-electron chi connectivity index (χ1n) is 10.2. The number of H-pyrrole nitrogens is 1. The maximum absolute atomic E-state index is 13.1. The Hall–Kier alpha value is -3.83. The molecule has 6 heteroatoms. The van der Waals surface area contributed by atoms with Crippen LogP contribution in [-0.2, 0) is 6.54 Å². The van der Waals surface area contributed by atoms with E-state index in [4.69, 9.17) is 21.3 Å². The molecule has 32 heavy (non-hydrogen) atoms. The minimum absolute atomic E-state index is 0.249. The van der Waals surface area contributed by atoms with Crippen LogP contribution in [0, 0.1) is 0 Å². The number of carbonyl (C=O) groups excluding carboxylic acids is 1. The van der Waals surface area contributed by atoms with Crippen LogP contribution in [0.1, 0.15) is 16.1 Å². The second kappa shape index (κ2) is 8.36. The van der Waals surface area contributed by atoms with Crippen LogP contribution in [-0.4, -0.2) is 23.0 Å². The monoisotopic (exact) mass is 441 g/mol. The summed E-state index contributed by atoms with van der Waals surface area (Å²) in [6, 6.07) is 24.9. The number of ether oxygens (including phenoxy) is 1. The van der Waals surface area contributed by atoms with Gasteiger partial charge in [0.15, 0.2) is 0 Å². The number of pyridine rings is 1. The van der Waals surface area contributed by atoms with E-state index in [0.717, 1.165) is 38.7 Å². The zero-order chi connectivity index (χ0) is 22.1. The van der Waals surface area contributed by atoms with Crippen molar-refractivity contribution in [2.24, 2.45) is 0 Å². The van der Waals surface area contributed by atoms with Gasteiger partial charge in [-0.15, -0.1) is 0 Å². The van der Waals surface area contributed by atoms with Crippen LogP contribution in [0.5, 0.6) is 5.75 Å². The summed E-state index contributed by atoms with van der Waals surface area (Å²) in [5.41, 5.74) is 4.57. The van der Waals surface area contributed by atoms with Gasteiger partial charge in [-0.05, 0) is 35.9 Å². The summed E-state index contributed by atoms with van der Waals surface area (Å²) in [5.74, 6) is 0.525. The van der Waals surface area contributed by atoms with Gasteiger partial charge in [-0.25, -0.2) is 4.98 Å². The van der Waals surface area contributed by atoms with Gasteiger partial charge in [0.25, 0.3) is 5.91 Å². The number of nitrogens with one attached hydrogen (secondary N) is 2. The lowest BCUT2D eigenvalue weighted by molar-refractivity contribution is 0.0946. The Balaban J connectivity index is 1.57. The molecule has 2 aromatic heterocycles. The largest absolute Gasteiger partial charge is 0.497 e. The molecule has 5 nitrogen and oxygen atoms in total. The SMILES string of the molecule is COc1ccc(CNC(=O)c2cc3c([nH]c4ccccc43)c(-c3ccccc3Cl)n2)cc1. The molecule has 1 amide bonds. The predicted octanol–water partition coefficient (Wildman–Crippen LogP) is 5.98. The molecule has 0 saturated carbocycles. The first-order chi connectivity index (χ1) is 15.6. The second-order valence-electron chi connectivity index (χ2n) is 7.46. The average Bonchev–Trinajstić information content (AvgIpc) is 3.21. The van der Waals surface area contributed by atoms with Gasteiger partial charge in [0, 0.05) is 28.4 Å². The van der Waals surface area contributed by atoms with Crippen molar-refractivity contribution in [1.82, 2.24) is 15.3 Å². The third kappa shape index (κ3) is 3.67. The van der Waals surface area contributed by atoms with Gasteiger partial charge < -0.3 is 15.0 Å². The number of aromatic amines is 1. The van der Waals surface area contributed by atoms with Crippen LogP contribution in [0.3, 0.4) is 0 Å². The minimum Gasteiger partial charge on any atom is -0.497 e. The lowest BCUT2D eigenvalue weighted by Gasteiger charge is -2.10. The minimum atomic E-state index is -0.249. The molecule has 0 bridgehead atoms. The zero-order valence-electron chi connectivity index (χ0n) is 17.4. The van der Waals surface area contributed by atoms with E-state index in [1.165, 1.54) is 0 Å². The summed E-state index contributed by atoms with van der Waals surface area (Å²) in [5, 5.41) is 5.51. The highest BCUT2D eigenvalue weighted by Crippen LogP contribution is 2.35. The summed E-state index contributed by atoms with van der Waals surface area (Å²) in [7, 11) is 1.62. The van der Waals surface area contributed by atoms with Gasteiger partial charge in [-0.2, -0.15) is 0 Å². The first-order valence-corrected chi connectivity index (χ1v) is 10.6. The van der Waals surface area contributed by atoms with Gasteiger partial charge in [0.2, 0.25) is 0 Å². The average molecular weight is 442 g/mol. The Morgan fingerprint density at radius 3 is 2.53 bits per heavy atom. The number of hydrogen-bond acceptors (Lipinski definition) is 3. The fourth-order valence-electron chi connectivity index (χ4n) is 3.83. The summed E-state index contributed by atoms with van der Waals surface area (Å²) in [4.78, 5) is 21.2. The lowest BCUT2D eigenvalue weighted by atomic mass is 10.1. The van der Waals surface area contributed by atoms with Crippen molar-refractivity contribution in [2.45, 2.75) is 6.54 Å². The van der Waals surface area contributed by atoms with E-state index in [1.807, 2.05) is 78.9 Å². The quantitative estimate of drug-likeness (QED) is 0.353. The standard InChI is InChI=1S/C26H20ClN3O2/c1-32-17-12-10-16(11-13-17)15-28-26(31)23-14-20-18-6-3-5-9-22(18)29-25(20)24(30-23)19-7-2-4-8-21(19)27/h2-14,29H,15H2,1H3,(H,28,31). The Labute approximate surface area is 190 Å². The molecule has 0 aliphatic rings. The number of fused-ring (bicyclic) bond motifs is 3. The van der Waals surface area contributed by atoms with Gasteiger partial charge in [0.05, 0.1) is 23.3 Å². The van der Waals surface area contributed by atoms with Crippen LogP contribution in [0.2, 0.25) is 5.02 Å². The van der Waals surface area contributed by atoms with E-state index in [0.29, 0.717) is 23.0 Å². The lowest BCUT2D eigenvalue weighted by Crippen LogP contribution is -2.24. The van der Waals surface area contributed by atoms with Gasteiger partial charge in [-0.1, -0.05) is 60.1 Å². The van der Waals surface area contributed by atoms with Crippen molar-refractivity contribution < 1.29 is 9.53 Å². The molecule has 0 unspecified atom stereocenters. The number of hydrogen-bond donors (Lipinski definition) is 2. The van der Waals surface area contributed by atoms with E-state index < -0.39 is 0 Å². The number of carbonyl (C=O) groups is 1. The molecule has 0 spiro atoms. The molecule has 0 radical (unpaired) electrons. The van der Waals surface area contributed by atoms with Gasteiger partial charge in [0.1, 0.15) is 11.4 Å². The Bertz CT molecular complexity index is 1440. The second-order valence-corrected chi connectivity index (χ2v) is 7.87. The van der Waals surface area contributed by atoms with Crippen molar-refractivity contribution >= 4 is 39.3 Å². The van der Waals surface area contributed by atoms with Gasteiger partial charge in [-0.3, -0.25) is 4.79 Å². The Kier molecular flexibility index (Phi) is 5.25. The van der Waals surface area contributed by atoms with Gasteiger partial charge >= 0.3 is 0 Å². The number of halogens is 1. The molecule has 0 aliphatic heterocycles. The highest BCUT2D eigenvalue weighted by molar-refractivity contribution is 6.33. The molecule has 0 atom stereocenters. The van der Waals surface area contributed by atoms with E-state index in [1.54, 1.807) is 7.11 Å². The number of benzene rings is 3. The third-order valence-corrected chi connectivity index (χ3v) is 5.80. The fourth-order valence-corrected chi connectivity index (χ4v) is 4.05. The fraction of sp³-hybridized carbons (Fsp3) is 0.0769. The van der Waals surface area contributed by atoms with E-state index in [9.17, 15) is 4.79 Å². The topological polar surface area (TPSA) is 67.0 Å². The van der Waals surface area contributed by atoms with Crippen molar-refractivity contribution in [3.63, 3.8) is 0 Å². The number of para-hydroxylation sites is 1. The molecular formula is C26H20ClN3O2. The molecule has 0 saturated heterocycles. The molecule has 0 aliphatic carbocycles. The number of amides is 1. The number of nitrogens with zero attached hydrogens (tertiary/aromatic N) is 1. The number of rotatable bonds is 5. The van der Waals surface area contributed by atoms with E-state index >= 15 is 0 Å². The predicted molar refractivity (Wildman–Crippen MR) is 128 cm³/mol. The van der Waals surface area contributed by atoms with Crippen molar-refractivity contribution in [2.75, 3.05) is 7.11 Å². The molecule has 3 aromatic carbocycles. The summed E-state index contributed by atoms with van der Waals surface area (Å²) < 4.78 is 5.19. The highest BCUT2D eigenvalue weighted by Gasteiger charge is 2.18. The third-order valence-electron chi connectivity index (χ3n) is 5.47. The smallest absolute Gasteiger partial charge is 0.270 e. The number of aromatic nitrogens is 2. The van der Waals surface area contributed by atoms with Crippen molar-refractivity contribution in [1.29, 1.82) is 0 Å². The maximum Gasteiger partial charge on any atom is 0.270 e. The highest BCUT2D eigenvalue weighted by atomic mass is 35.5. The van der Waals surface area contributed by atoms with Crippen LogP contribution in [0.15, 0.2) is 78.9 Å².